The molecule has 3 rings (SSSR count). The molecule has 0 saturated carbocycles. The van der Waals surface area contributed by atoms with Crippen molar-refractivity contribution in [2.45, 2.75) is 45.8 Å². The summed E-state index contributed by atoms with van der Waals surface area (Å²) in [4.78, 5) is 17.1. The molecular formula is C20H31N3O2. The van der Waals surface area contributed by atoms with Gasteiger partial charge in [0.05, 0.1) is 12.1 Å². The molecule has 2 fully saturated rings. The second-order valence-electron chi connectivity index (χ2n) is 7.35. The van der Waals surface area contributed by atoms with Crippen LogP contribution >= 0.6 is 0 Å². The lowest BCUT2D eigenvalue weighted by molar-refractivity contribution is -0.126. The van der Waals surface area contributed by atoms with Crippen molar-refractivity contribution in [3.05, 3.63) is 29.3 Å². The zero-order valence-electron chi connectivity index (χ0n) is 15.8. The fourth-order valence-electron chi connectivity index (χ4n) is 3.62. The number of carbonyl (C=O) groups excluding carboxylic acids is 1. The first-order valence-electron chi connectivity index (χ1n) is 9.50. The molecule has 1 aromatic rings. The van der Waals surface area contributed by atoms with Crippen molar-refractivity contribution < 1.29 is 9.53 Å². The summed E-state index contributed by atoms with van der Waals surface area (Å²) in [5, 5.41) is 3.06. The number of carbonyl (C=O) groups is 1. The average Bonchev–Trinajstić information content (AvgIpc) is 3.15. The molecule has 5 heteroatoms. The van der Waals surface area contributed by atoms with Gasteiger partial charge in [-0.15, -0.1) is 0 Å². The summed E-state index contributed by atoms with van der Waals surface area (Å²) < 4.78 is 5.57. The molecule has 0 spiro atoms. The Bertz CT molecular complexity index is 591. The van der Waals surface area contributed by atoms with Crippen LogP contribution in [0.4, 0.5) is 5.69 Å². The molecular weight excluding hydrogens is 314 g/mol. The zero-order chi connectivity index (χ0) is 17.8. The molecule has 2 aliphatic rings. The van der Waals surface area contributed by atoms with E-state index >= 15 is 0 Å². The summed E-state index contributed by atoms with van der Waals surface area (Å²) in [6.07, 6.45) is 2.37. The van der Waals surface area contributed by atoms with E-state index in [-0.39, 0.29) is 18.1 Å². The molecule has 1 N–H and O–H groups in total. The first-order chi connectivity index (χ1) is 12.0. The van der Waals surface area contributed by atoms with Crippen LogP contribution in [0.2, 0.25) is 0 Å². The predicted octanol–water partition coefficient (Wildman–Crippen LogP) is 2.11. The lowest BCUT2D eigenvalue weighted by Crippen LogP contribution is -2.54. The van der Waals surface area contributed by atoms with Crippen LogP contribution in [0.5, 0.6) is 0 Å². The molecule has 1 amide bonds. The van der Waals surface area contributed by atoms with Crippen LogP contribution in [0, 0.1) is 13.8 Å². The lowest BCUT2D eigenvalue weighted by Gasteiger charge is -2.38. The molecule has 5 nitrogen and oxygen atoms in total. The Morgan fingerprint density at radius 1 is 1.24 bits per heavy atom. The Morgan fingerprint density at radius 3 is 2.64 bits per heavy atom. The number of nitrogens with one attached hydrogen (secondary N) is 1. The number of piperazine rings is 1. The Morgan fingerprint density at radius 2 is 2.00 bits per heavy atom. The van der Waals surface area contributed by atoms with Crippen molar-refractivity contribution in [3.63, 3.8) is 0 Å². The summed E-state index contributed by atoms with van der Waals surface area (Å²) in [5.41, 5.74) is 3.96. The van der Waals surface area contributed by atoms with E-state index in [9.17, 15) is 4.79 Å². The molecule has 2 saturated heterocycles. The molecule has 2 aliphatic heterocycles. The van der Waals surface area contributed by atoms with Gasteiger partial charge in [0, 0.05) is 45.0 Å². The summed E-state index contributed by atoms with van der Waals surface area (Å²) in [5.74, 6) is 0.120. The van der Waals surface area contributed by atoms with Gasteiger partial charge in [-0.25, -0.2) is 0 Å². The van der Waals surface area contributed by atoms with Crippen LogP contribution in [0.1, 0.15) is 30.9 Å². The van der Waals surface area contributed by atoms with Crippen LogP contribution in [0.15, 0.2) is 18.2 Å². The highest BCUT2D eigenvalue weighted by Crippen LogP contribution is 2.21. The highest BCUT2D eigenvalue weighted by molar-refractivity contribution is 5.81. The van der Waals surface area contributed by atoms with Crippen LogP contribution in [0.3, 0.4) is 0 Å². The fraction of sp³-hybridized carbons (Fsp3) is 0.650. The average molecular weight is 345 g/mol. The smallest absolute Gasteiger partial charge is 0.237 e. The van der Waals surface area contributed by atoms with Crippen LogP contribution < -0.4 is 10.2 Å². The number of hydrogen-bond acceptors (Lipinski definition) is 4. The van der Waals surface area contributed by atoms with E-state index in [4.69, 9.17) is 4.74 Å². The predicted molar refractivity (Wildman–Crippen MR) is 101 cm³/mol. The first kappa shape index (κ1) is 18.2. The van der Waals surface area contributed by atoms with Crippen molar-refractivity contribution in [1.82, 2.24) is 10.2 Å². The number of nitrogens with zero attached hydrogens (tertiary/aromatic N) is 2. The molecule has 138 valence electrons. The number of hydrogen-bond donors (Lipinski definition) is 1. The van der Waals surface area contributed by atoms with Gasteiger partial charge < -0.3 is 15.0 Å². The zero-order valence-corrected chi connectivity index (χ0v) is 15.8. The summed E-state index contributed by atoms with van der Waals surface area (Å²) in [7, 11) is 0. The number of amides is 1. The largest absolute Gasteiger partial charge is 0.376 e. The molecule has 1 aromatic carbocycles. The number of ether oxygens (including phenoxy) is 1. The highest BCUT2D eigenvalue weighted by Gasteiger charge is 2.26. The minimum Gasteiger partial charge on any atom is -0.376 e. The van der Waals surface area contributed by atoms with Crippen LogP contribution in [0.25, 0.3) is 0 Å². The van der Waals surface area contributed by atoms with Gasteiger partial charge in [0.25, 0.3) is 0 Å². The van der Waals surface area contributed by atoms with Crippen LogP contribution in [-0.2, 0) is 9.53 Å². The summed E-state index contributed by atoms with van der Waals surface area (Å²) >= 11 is 0. The Balaban J connectivity index is 1.47. The van der Waals surface area contributed by atoms with Gasteiger partial charge in [-0.1, -0.05) is 6.07 Å². The van der Waals surface area contributed by atoms with E-state index in [0.29, 0.717) is 6.54 Å². The normalized spacial score (nSPS) is 22.8. The van der Waals surface area contributed by atoms with Crippen molar-refractivity contribution in [3.8, 4) is 0 Å². The summed E-state index contributed by atoms with van der Waals surface area (Å²) in [6, 6.07) is 6.58. The van der Waals surface area contributed by atoms with Gasteiger partial charge in [0.1, 0.15) is 0 Å². The van der Waals surface area contributed by atoms with Crippen molar-refractivity contribution in [2.75, 3.05) is 44.2 Å². The number of aryl methyl sites for hydroxylation is 2. The van der Waals surface area contributed by atoms with E-state index in [1.807, 2.05) is 6.92 Å². The van der Waals surface area contributed by atoms with Gasteiger partial charge in [0.15, 0.2) is 0 Å². The third kappa shape index (κ3) is 4.53. The van der Waals surface area contributed by atoms with Gasteiger partial charge in [0.2, 0.25) is 5.91 Å². The standard InChI is InChI=1S/C20H31N3O2/c1-15-6-7-18(13-16(15)2)23-10-8-22(9-11-23)17(3)20(24)21-14-19-5-4-12-25-19/h6-7,13,17,19H,4-5,8-12,14H2,1-3H3,(H,21,24)/t17-,19+/m1/s1. The fourth-order valence-corrected chi connectivity index (χ4v) is 3.62. The number of benzene rings is 1. The van der Waals surface area contributed by atoms with E-state index < -0.39 is 0 Å². The van der Waals surface area contributed by atoms with Gasteiger partial charge in [-0.2, -0.15) is 0 Å². The van der Waals surface area contributed by atoms with Gasteiger partial charge in [-0.05, 0) is 56.9 Å². The molecule has 0 unspecified atom stereocenters. The first-order valence-corrected chi connectivity index (χ1v) is 9.50. The van der Waals surface area contributed by atoms with E-state index in [1.54, 1.807) is 0 Å². The molecule has 2 heterocycles. The monoisotopic (exact) mass is 345 g/mol. The molecule has 25 heavy (non-hydrogen) atoms. The number of anilines is 1. The third-order valence-corrected chi connectivity index (χ3v) is 5.63. The minimum atomic E-state index is -0.0803. The SMILES string of the molecule is Cc1ccc(N2CCN([C@H](C)C(=O)NC[C@@H]3CCCO3)CC2)cc1C. The molecule has 2 atom stereocenters. The third-order valence-electron chi connectivity index (χ3n) is 5.63. The van der Waals surface area contributed by atoms with Crippen molar-refractivity contribution >= 4 is 11.6 Å². The maximum Gasteiger partial charge on any atom is 0.237 e. The van der Waals surface area contributed by atoms with Crippen molar-refractivity contribution in [2.24, 2.45) is 0 Å². The quantitative estimate of drug-likeness (QED) is 0.888. The highest BCUT2D eigenvalue weighted by atomic mass is 16.5. The van der Waals surface area contributed by atoms with E-state index in [0.717, 1.165) is 45.6 Å². The topological polar surface area (TPSA) is 44.8 Å². The van der Waals surface area contributed by atoms with E-state index in [1.165, 1.54) is 16.8 Å². The minimum absolute atomic E-state index is 0.0803. The maximum absolute atomic E-state index is 12.4. The molecule has 0 aromatic heterocycles. The van der Waals surface area contributed by atoms with E-state index in [2.05, 4.69) is 47.2 Å². The molecule has 0 bridgehead atoms. The Hall–Kier alpha value is -1.59. The lowest BCUT2D eigenvalue weighted by atomic mass is 10.1. The maximum atomic E-state index is 12.4. The Labute approximate surface area is 151 Å². The second-order valence-corrected chi connectivity index (χ2v) is 7.35. The Kier molecular flexibility index (Phi) is 5.97. The van der Waals surface area contributed by atoms with Gasteiger partial charge in [-0.3, -0.25) is 9.69 Å². The molecule has 0 radical (unpaired) electrons. The van der Waals surface area contributed by atoms with Crippen molar-refractivity contribution in [1.29, 1.82) is 0 Å². The van der Waals surface area contributed by atoms with Gasteiger partial charge >= 0.3 is 0 Å². The second kappa shape index (κ2) is 8.19. The summed E-state index contributed by atoms with van der Waals surface area (Å²) in [6.45, 7) is 11.6. The number of rotatable bonds is 5. The van der Waals surface area contributed by atoms with Crippen LogP contribution in [-0.4, -0.2) is 62.3 Å². The molecule has 0 aliphatic carbocycles.